The number of ether oxygens (including phenoxy) is 1. The quantitative estimate of drug-likeness (QED) is 0.720. The number of esters is 1. The number of allylic oxidation sites excluding steroid dienone is 1. The first-order valence-electron chi connectivity index (χ1n) is 9.39. The van der Waals surface area contributed by atoms with Crippen molar-refractivity contribution in [3.63, 3.8) is 0 Å². The zero-order valence-electron chi connectivity index (χ0n) is 15.3. The maximum Gasteiger partial charge on any atom is 0.337 e. The normalized spacial score (nSPS) is 15.0. The van der Waals surface area contributed by atoms with Crippen molar-refractivity contribution in [3.8, 4) is 5.75 Å². The van der Waals surface area contributed by atoms with Crippen LogP contribution in [0.4, 0.5) is 0 Å². The monoisotopic (exact) mass is 350 g/mol. The molecule has 0 saturated heterocycles. The number of aromatic hydroxyl groups is 1. The lowest BCUT2D eigenvalue weighted by molar-refractivity contribution is 0.0600. The summed E-state index contributed by atoms with van der Waals surface area (Å²) in [6, 6.07) is 15.1. The first kappa shape index (κ1) is 18.2. The highest BCUT2D eigenvalue weighted by Gasteiger charge is 2.15. The van der Waals surface area contributed by atoms with Gasteiger partial charge >= 0.3 is 5.97 Å². The second kappa shape index (κ2) is 8.70. The summed E-state index contributed by atoms with van der Waals surface area (Å²) in [5, 5.41) is 9.66. The van der Waals surface area contributed by atoms with E-state index in [9.17, 15) is 9.90 Å². The maximum absolute atomic E-state index is 11.7. The molecule has 0 radical (unpaired) electrons. The number of methoxy groups -OCH3 is 1. The molecule has 1 aliphatic carbocycles. The summed E-state index contributed by atoms with van der Waals surface area (Å²) in [4.78, 5) is 11.7. The van der Waals surface area contributed by atoms with E-state index in [4.69, 9.17) is 4.74 Å². The van der Waals surface area contributed by atoms with E-state index < -0.39 is 0 Å². The van der Waals surface area contributed by atoms with E-state index in [1.807, 2.05) is 36.4 Å². The molecule has 0 spiro atoms. The number of hydrogen-bond acceptors (Lipinski definition) is 3. The van der Waals surface area contributed by atoms with Gasteiger partial charge in [0.15, 0.2) is 0 Å². The standard InChI is InChI=1S/C23H26O3/c1-26-23(25)20-11-9-18(10-12-20)22(19-13-15-21(24)16-14-19)17-7-5-3-2-4-6-8-17/h9-16,24H,2-8H2,1H3. The van der Waals surface area contributed by atoms with Crippen LogP contribution in [0.2, 0.25) is 0 Å². The van der Waals surface area contributed by atoms with Gasteiger partial charge in [-0.2, -0.15) is 0 Å². The highest BCUT2D eigenvalue weighted by atomic mass is 16.5. The molecule has 1 N–H and O–H groups in total. The number of phenols is 1. The molecule has 2 aromatic rings. The van der Waals surface area contributed by atoms with Crippen LogP contribution < -0.4 is 0 Å². The van der Waals surface area contributed by atoms with Crippen molar-refractivity contribution in [2.45, 2.75) is 44.9 Å². The molecule has 0 heterocycles. The van der Waals surface area contributed by atoms with Crippen molar-refractivity contribution in [3.05, 3.63) is 70.8 Å². The number of rotatable bonds is 3. The van der Waals surface area contributed by atoms with Crippen LogP contribution in [0.25, 0.3) is 5.57 Å². The Morgan fingerprint density at radius 1 is 0.769 bits per heavy atom. The largest absolute Gasteiger partial charge is 0.508 e. The third-order valence-electron chi connectivity index (χ3n) is 5.06. The van der Waals surface area contributed by atoms with E-state index in [2.05, 4.69) is 0 Å². The lowest BCUT2D eigenvalue weighted by atomic mass is 9.86. The fraction of sp³-hybridized carbons (Fsp3) is 0.348. The van der Waals surface area contributed by atoms with Crippen LogP contribution in [0, 0.1) is 0 Å². The molecule has 0 aliphatic heterocycles. The Balaban J connectivity index is 2.04. The molecule has 3 nitrogen and oxygen atoms in total. The van der Waals surface area contributed by atoms with Gasteiger partial charge in [0.05, 0.1) is 12.7 Å². The van der Waals surface area contributed by atoms with Gasteiger partial charge in [0.2, 0.25) is 0 Å². The van der Waals surface area contributed by atoms with Crippen LogP contribution in [0.15, 0.2) is 54.1 Å². The van der Waals surface area contributed by atoms with Gasteiger partial charge in [-0.25, -0.2) is 4.79 Å². The molecule has 3 heteroatoms. The van der Waals surface area contributed by atoms with Crippen molar-refractivity contribution < 1.29 is 14.6 Å². The molecule has 0 bridgehead atoms. The summed E-state index contributed by atoms with van der Waals surface area (Å²) in [5.74, 6) is -0.0434. The van der Waals surface area contributed by atoms with Gasteiger partial charge in [0.25, 0.3) is 0 Å². The lowest BCUT2D eigenvalue weighted by Crippen LogP contribution is -2.02. The zero-order chi connectivity index (χ0) is 18.4. The summed E-state index contributed by atoms with van der Waals surface area (Å²) in [5.41, 5.74) is 5.50. The van der Waals surface area contributed by atoms with Crippen LogP contribution in [0.3, 0.4) is 0 Å². The average Bonchev–Trinajstić information content (AvgIpc) is 2.65. The molecule has 136 valence electrons. The third kappa shape index (κ3) is 4.34. The number of carbonyl (C=O) groups is 1. The minimum absolute atomic E-state index is 0.275. The molecule has 0 aromatic heterocycles. The zero-order valence-corrected chi connectivity index (χ0v) is 15.3. The fourth-order valence-electron chi connectivity index (χ4n) is 3.68. The topological polar surface area (TPSA) is 46.5 Å². The minimum atomic E-state index is -0.318. The number of carbonyl (C=O) groups excluding carboxylic acids is 1. The molecular weight excluding hydrogens is 324 g/mol. The lowest BCUT2D eigenvalue weighted by Gasteiger charge is -2.19. The van der Waals surface area contributed by atoms with Crippen LogP contribution in [-0.2, 0) is 4.74 Å². The van der Waals surface area contributed by atoms with Crippen LogP contribution in [0.5, 0.6) is 5.75 Å². The number of hydrogen-bond donors (Lipinski definition) is 1. The third-order valence-corrected chi connectivity index (χ3v) is 5.06. The van der Waals surface area contributed by atoms with Gasteiger partial charge in [0.1, 0.15) is 5.75 Å². The van der Waals surface area contributed by atoms with E-state index in [0.717, 1.165) is 24.0 Å². The maximum atomic E-state index is 11.7. The molecule has 0 amide bonds. The number of benzene rings is 2. The van der Waals surface area contributed by atoms with Gasteiger partial charge in [-0.3, -0.25) is 0 Å². The molecule has 1 saturated carbocycles. The second-order valence-corrected chi connectivity index (χ2v) is 6.86. The van der Waals surface area contributed by atoms with Crippen molar-refractivity contribution >= 4 is 11.5 Å². The van der Waals surface area contributed by atoms with Gasteiger partial charge < -0.3 is 9.84 Å². The molecule has 26 heavy (non-hydrogen) atoms. The number of phenolic OH excluding ortho intramolecular Hbond substituents is 1. The van der Waals surface area contributed by atoms with Gasteiger partial charge in [-0.1, -0.05) is 49.1 Å². The summed E-state index contributed by atoms with van der Waals surface area (Å²) >= 11 is 0. The van der Waals surface area contributed by atoms with Crippen molar-refractivity contribution in [2.75, 3.05) is 7.11 Å². The van der Waals surface area contributed by atoms with E-state index in [-0.39, 0.29) is 11.7 Å². The van der Waals surface area contributed by atoms with E-state index in [0.29, 0.717) is 5.56 Å². The molecule has 0 unspecified atom stereocenters. The summed E-state index contributed by atoms with van der Waals surface area (Å²) in [6.07, 6.45) is 8.55. The van der Waals surface area contributed by atoms with Crippen LogP contribution in [-0.4, -0.2) is 18.2 Å². The summed E-state index contributed by atoms with van der Waals surface area (Å²) in [6.45, 7) is 0. The molecule has 3 rings (SSSR count). The first-order chi connectivity index (χ1) is 12.7. The Hall–Kier alpha value is -2.55. The van der Waals surface area contributed by atoms with Crippen LogP contribution >= 0.6 is 0 Å². The minimum Gasteiger partial charge on any atom is -0.508 e. The predicted octanol–water partition coefficient (Wildman–Crippen LogP) is 5.73. The van der Waals surface area contributed by atoms with Gasteiger partial charge in [-0.05, 0) is 66.6 Å². The van der Waals surface area contributed by atoms with Crippen molar-refractivity contribution in [1.29, 1.82) is 0 Å². The first-order valence-corrected chi connectivity index (χ1v) is 9.39. The highest BCUT2D eigenvalue weighted by molar-refractivity contribution is 5.90. The fourth-order valence-corrected chi connectivity index (χ4v) is 3.68. The Morgan fingerprint density at radius 3 is 1.77 bits per heavy atom. The SMILES string of the molecule is COC(=O)c1ccc(C(=C2CCCCCCC2)c2ccc(O)cc2)cc1. The summed E-state index contributed by atoms with van der Waals surface area (Å²) < 4.78 is 4.80. The highest BCUT2D eigenvalue weighted by Crippen LogP contribution is 2.34. The van der Waals surface area contributed by atoms with Crippen molar-refractivity contribution in [1.82, 2.24) is 0 Å². The smallest absolute Gasteiger partial charge is 0.337 e. The molecule has 1 aliphatic rings. The van der Waals surface area contributed by atoms with Gasteiger partial charge in [0, 0.05) is 0 Å². The molecule has 2 aromatic carbocycles. The Bertz CT molecular complexity index is 760. The van der Waals surface area contributed by atoms with E-state index in [1.165, 1.54) is 50.4 Å². The molecular formula is C23H26O3. The molecule has 0 atom stereocenters. The Kier molecular flexibility index (Phi) is 6.11. The Labute approximate surface area is 155 Å². The Morgan fingerprint density at radius 2 is 1.23 bits per heavy atom. The second-order valence-electron chi connectivity index (χ2n) is 6.86. The van der Waals surface area contributed by atoms with E-state index in [1.54, 1.807) is 12.1 Å². The van der Waals surface area contributed by atoms with Crippen LogP contribution in [0.1, 0.15) is 66.4 Å². The predicted molar refractivity (Wildman–Crippen MR) is 104 cm³/mol. The average molecular weight is 350 g/mol. The van der Waals surface area contributed by atoms with Gasteiger partial charge in [-0.15, -0.1) is 0 Å². The van der Waals surface area contributed by atoms with Crippen molar-refractivity contribution in [2.24, 2.45) is 0 Å². The molecule has 1 fully saturated rings. The van der Waals surface area contributed by atoms with E-state index >= 15 is 0 Å². The summed E-state index contributed by atoms with van der Waals surface area (Å²) in [7, 11) is 1.40.